The van der Waals surface area contributed by atoms with Crippen LogP contribution in [0.4, 0.5) is 0 Å². The highest BCUT2D eigenvalue weighted by Crippen LogP contribution is 2.06. The minimum absolute atomic E-state index is 0.0708. The average Bonchev–Trinajstić information content (AvgIpc) is 2.78. The van der Waals surface area contributed by atoms with Gasteiger partial charge in [0.1, 0.15) is 18.1 Å². The van der Waals surface area contributed by atoms with Crippen LogP contribution in [-0.2, 0) is 33.6 Å². The van der Waals surface area contributed by atoms with Gasteiger partial charge in [0.05, 0.1) is 12.5 Å². The van der Waals surface area contributed by atoms with E-state index in [0.717, 1.165) is 0 Å². The number of carbonyl (C=O) groups excluding carboxylic acids is 4. The van der Waals surface area contributed by atoms with E-state index in [-0.39, 0.29) is 19.3 Å². The van der Waals surface area contributed by atoms with Crippen LogP contribution in [0.15, 0.2) is 0 Å². The Morgan fingerprint density at radius 2 is 1.19 bits per heavy atom. The number of hydrogen-bond donors (Lipinski definition) is 9. The first kappa shape index (κ1) is 32.2. The van der Waals surface area contributed by atoms with Crippen LogP contribution in [-0.4, -0.2) is 87.6 Å². The third kappa shape index (κ3) is 13.8. The fourth-order valence-corrected chi connectivity index (χ4v) is 2.93. The van der Waals surface area contributed by atoms with Crippen LogP contribution in [0.2, 0.25) is 0 Å². The summed E-state index contributed by atoms with van der Waals surface area (Å²) in [6.45, 7) is 0.296. The fourth-order valence-electron chi connectivity index (χ4n) is 2.93. The first-order chi connectivity index (χ1) is 16.8. The zero-order chi connectivity index (χ0) is 27.8. The van der Waals surface area contributed by atoms with Gasteiger partial charge in [0.25, 0.3) is 0 Å². The van der Waals surface area contributed by atoms with Crippen molar-refractivity contribution in [3.05, 3.63) is 0 Å². The third-order valence-corrected chi connectivity index (χ3v) is 4.89. The number of carbonyl (C=O) groups is 7. The van der Waals surface area contributed by atoms with Gasteiger partial charge < -0.3 is 48.5 Å². The summed E-state index contributed by atoms with van der Waals surface area (Å²) in [5.74, 6) is -7.93. The van der Waals surface area contributed by atoms with E-state index in [2.05, 4.69) is 10.6 Å². The Morgan fingerprint density at radius 3 is 1.67 bits per heavy atom. The molecule has 0 aliphatic carbocycles. The molecule has 36 heavy (non-hydrogen) atoms. The maximum absolute atomic E-state index is 12.9. The van der Waals surface area contributed by atoms with Crippen molar-refractivity contribution < 1.29 is 48.9 Å². The highest BCUT2D eigenvalue weighted by atomic mass is 16.4. The summed E-state index contributed by atoms with van der Waals surface area (Å²) in [5.41, 5.74) is 16.2. The number of aliphatic carboxylic acids is 3. The maximum Gasteiger partial charge on any atom is 0.326 e. The molecule has 4 amide bonds. The van der Waals surface area contributed by atoms with Gasteiger partial charge >= 0.3 is 17.9 Å². The first-order valence-electron chi connectivity index (χ1n) is 11.1. The van der Waals surface area contributed by atoms with E-state index in [1.807, 2.05) is 5.32 Å². The number of rotatable bonds is 19. The quantitative estimate of drug-likeness (QED) is 0.0755. The fraction of sp³-hybridized carbons (Fsp3) is 0.650. The Labute approximate surface area is 206 Å². The Hall–Kier alpha value is -3.79. The van der Waals surface area contributed by atoms with Crippen LogP contribution >= 0.6 is 0 Å². The third-order valence-electron chi connectivity index (χ3n) is 4.89. The Morgan fingerprint density at radius 1 is 0.667 bits per heavy atom. The van der Waals surface area contributed by atoms with Gasteiger partial charge in [-0.2, -0.15) is 0 Å². The molecule has 0 fully saturated rings. The molecule has 0 aromatic rings. The summed E-state index contributed by atoms with van der Waals surface area (Å²) in [7, 11) is 0. The molecule has 0 aliphatic heterocycles. The van der Waals surface area contributed by atoms with Crippen molar-refractivity contribution in [3.8, 4) is 0 Å². The number of nitrogens with one attached hydrogen (secondary N) is 3. The molecule has 0 spiro atoms. The largest absolute Gasteiger partial charge is 0.481 e. The molecular weight excluding hydrogens is 484 g/mol. The second-order valence-corrected chi connectivity index (χ2v) is 7.95. The van der Waals surface area contributed by atoms with E-state index in [4.69, 9.17) is 32.5 Å². The zero-order valence-electron chi connectivity index (χ0n) is 19.6. The molecule has 0 aromatic heterocycles. The van der Waals surface area contributed by atoms with Gasteiger partial charge in [0, 0.05) is 12.8 Å². The van der Waals surface area contributed by atoms with E-state index in [1.165, 1.54) is 0 Å². The number of carboxylic acid groups (broad SMARTS) is 3. The monoisotopic (exact) mass is 518 g/mol. The second kappa shape index (κ2) is 16.8. The number of hydrogen-bond acceptors (Lipinski definition) is 9. The van der Waals surface area contributed by atoms with Gasteiger partial charge in [-0.1, -0.05) is 0 Å². The Balaban J connectivity index is 5.58. The highest BCUT2D eigenvalue weighted by molar-refractivity contribution is 5.94. The van der Waals surface area contributed by atoms with Gasteiger partial charge in [-0.15, -0.1) is 0 Å². The van der Waals surface area contributed by atoms with E-state index in [0.29, 0.717) is 19.4 Å². The lowest BCUT2D eigenvalue weighted by Gasteiger charge is -2.25. The molecule has 0 aromatic carbocycles. The molecular formula is C20H34N6O10. The highest BCUT2D eigenvalue weighted by Gasteiger charge is 2.31. The van der Waals surface area contributed by atoms with Gasteiger partial charge in [-0.05, 0) is 38.6 Å². The van der Waals surface area contributed by atoms with Gasteiger partial charge in [-0.3, -0.25) is 28.8 Å². The van der Waals surface area contributed by atoms with Crippen molar-refractivity contribution in [2.24, 2.45) is 17.2 Å². The van der Waals surface area contributed by atoms with Crippen LogP contribution in [0.3, 0.4) is 0 Å². The predicted molar refractivity (Wildman–Crippen MR) is 122 cm³/mol. The van der Waals surface area contributed by atoms with Gasteiger partial charge in [-0.25, -0.2) is 4.79 Å². The zero-order valence-corrected chi connectivity index (χ0v) is 19.6. The SMILES string of the molecule is NCCCCC(NC(=O)C(N)CCC(N)=O)C(=O)NC(CCC(=O)O)C(=O)NC(CC(=O)O)C(=O)O. The molecule has 0 heterocycles. The van der Waals surface area contributed by atoms with Crippen LogP contribution in [0, 0.1) is 0 Å². The van der Waals surface area contributed by atoms with Crippen LogP contribution in [0.25, 0.3) is 0 Å². The Kier molecular flexibility index (Phi) is 15.0. The lowest BCUT2D eigenvalue weighted by Crippen LogP contribution is -2.57. The molecule has 0 saturated carbocycles. The number of nitrogens with two attached hydrogens (primary N) is 3. The molecule has 0 bridgehead atoms. The standard InChI is InChI=1S/C20H34N6O10/c21-8-2-1-3-11(24-17(32)10(22)4-6-14(23)27)18(33)25-12(5-7-15(28)29)19(34)26-13(20(35)36)9-16(30)31/h10-13H,1-9,21-22H2,(H2,23,27)(H,24,32)(H,25,33)(H,26,34)(H,28,29)(H,30,31)(H,35,36). The minimum atomic E-state index is -1.83. The summed E-state index contributed by atoms with van der Waals surface area (Å²) in [4.78, 5) is 81.9. The molecule has 4 atom stereocenters. The summed E-state index contributed by atoms with van der Waals surface area (Å²) in [6, 6.07) is -5.77. The van der Waals surface area contributed by atoms with Crippen molar-refractivity contribution in [1.29, 1.82) is 0 Å². The van der Waals surface area contributed by atoms with Crippen molar-refractivity contribution in [1.82, 2.24) is 16.0 Å². The Bertz CT molecular complexity index is 821. The smallest absolute Gasteiger partial charge is 0.326 e. The van der Waals surface area contributed by atoms with E-state index >= 15 is 0 Å². The maximum atomic E-state index is 12.9. The van der Waals surface area contributed by atoms with Gasteiger partial charge in [0.2, 0.25) is 23.6 Å². The van der Waals surface area contributed by atoms with Crippen molar-refractivity contribution >= 4 is 41.5 Å². The van der Waals surface area contributed by atoms with Crippen molar-refractivity contribution in [3.63, 3.8) is 0 Å². The van der Waals surface area contributed by atoms with E-state index in [1.54, 1.807) is 0 Å². The summed E-state index contributed by atoms with van der Waals surface area (Å²) >= 11 is 0. The minimum Gasteiger partial charge on any atom is -0.481 e. The number of unbranched alkanes of at least 4 members (excludes halogenated alkanes) is 1. The normalized spacial score (nSPS) is 13.9. The molecule has 0 radical (unpaired) electrons. The van der Waals surface area contributed by atoms with E-state index in [9.17, 15) is 33.6 Å². The predicted octanol–water partition coefficient (Wildman–Crippen LogP) is -3.41. The van der Waals surface area contributed by atoms with Crippen molar-refractivity contribution in [2.75, 3.05) is 6.54 Å². The van der Waals surface area contributed by atoms with E-state index < -0.39 is 85.0 Å². The molecule has 0 aliphatic rings. The molecule has 204 valence electrons. The molecule has 4 unspecified atom stereocenters. The number of amides is 4. The first-order valence-corrected chi connectivity index (χ1v) is 11.1. The second-order valence-electron chi connectivity index (χ2n) is 7.95. The van der Waals surface area contributed by atoms with Gasteiger partial charge in [0.15, 0.2) is 0 Å². The molecule has 0 saturated heterocycles. The average molecular weight is 519 g/mol. The molecule has 12 N–H and O–H groups in total. The topological polar surface area (TPSA) is 294 Å². The number of carboxylic acids is 3. The summed E-state index contributed by atoms with van der Waals surface area (Å²) in [5, 5.41) is 33.6. The lowest BCUT2D eigenvalue weighted by molar-refractivity contribution is -0.147. The molecule has 16 nitrogen and oxygen atoms in total. The van der Waals surface area contributed by atoms with Crippen molar-refractivity contribution in [2.45, 2.75) is 75.5 Å². The molecule has 0 rings (SSSR count). The molecule has 16 heteroatoms. The number of primary amides is 1. The summed E-state index contributed by atoms with van der Waals surface area (Å²) < 4.78 is 0. The lowest BCUT2D eigenvalue weighted by atomic mass is 10.0. The van der Waals surface area contributed by atoms with Crippen LogP contribution in [0.1, 0.15) is 51.4 Å². The van der Waals surface area contributed by atoms with Crippen LogP contribution in [0.5, 0.6) is 0 Å². The summed E-state index contributed by atoms with van der Waals surface area (Å²) in [6.07, 6.45) is -1.30. The van der Waals surface area contributed by atoms with Crippen LogP contribution < -0.4 is 33.2 Å².